The van der Waals surface area contributed by atoms with Gasteiger partial charge in [0.25, 0.3) is 5.91 Å². The van der Waals surface area contributed by atoms with Crippen LogP contribution in [0.15, 0.2) is 12.1 Å². The Labute approximate surface area is 120 Å². The highest BCUT2D eigenvalue weighted by molar-refractivity contribution is 5.81. The summed E-state index contributed by atoms with van der Waals surface area (Å²) in [6.07, 6.45) is 1.70. The van der Waals surface area contributed by atoms with E-state index in [0.29, 0.717) is 0 Å². The number of benzene rings is 1. The summed E-state index contributed by atoms with van der Waals surface area (Å²) < 4.78 is 5.88. The van der Waals surface area contributed by atoms with Crippen molar-refractivity contribution >= 4 is 5.91 Å². The lowest BCUT2D eigenvalue weighted by atomic mass is 10.1. The Morgan fingerprint density at radius 1 is 1.30 bits per heavy atom. The van der Waals surface area contributed by atoms with Gasteiger partial charge in [-0.15, -0.1) is 0 Å². The van der Waals surface area contributed by atoms with Crippen molar-refractivity contribution in [3.8, 4) is 5.75 Å². The lowest BCUT2D eigenvalue weighted by molar-refractivity contribution is -0.136. The van der Waals surface area contributed by atoms with Crippen LogP contribution in [0.1, 0.15) is 36.5 Å². The second-order valence-corrected chi connectivity index (χ2v) is 5.51. The van der Waals surface area contributed by atoms with E-state index in [2.05, 4.69) is 0 Å². The number of amides is 1. The molecule has 1 heterocycles. The number of hydrogen-bond acceptors (Lipinski definition) is 3. The molecule has 2 rings (SSSR count). The molecule has 1 fully saturated rings. The van der Waals surface area contributed by atoms with Gasteiger partial charge in [0.1, 0.15) is 5.75 Å². The number of rotatable bonds is 4. The molecule has 1 atom stereocenters. The number of aryl methyl sites for hydroxylation is 2. The summed E-state index contributed by atoms with van der Waals surface area (Å²) in [6, 6.07) is 3.80. The van der Waals surface area contributed by atoms with Crippen molar-refractivity contribution in [1.82, 2.24) is 4.90 Å². The fourth-order valence-electron chi connectivity index (χ4n) is 2.74. The predicted octanol–water partition coefficient (Wildman–Crippen LogP) is 2.19. The minimum absolute atomic E-state index is 0.0181. The number of hydrogen-bond donors (Lipinski definition) is 1. The molecule has 20 heavy (non-hydrogen) atoms. The Kier molecular flexibility index (Phi) is 4.65. The van der Waals surface area contributed by atoms with Crippen LogP contribution in [0, 0.1) is 13.8 Å². The van der Waals surface area contributed by atoms with Gasteiger partial charge in [0, 0.05) is 13.1 Å². The third-order valence-corrected chi connectivity index (χ3v) is 3.76. The second-order valence-electron chi connectivity index (χ2n) is 5.51. The summed E-state index contributed by atoms with van der Waals surface area (Å²) in [5, 5.41) is 9.19. The van der Waals surface area contributed by atoms with Crippen LogP contribution < -0.4 is 4.74 Å². The first kappa shape index (κ1) is 14.9. The zero-order valence-electron chi connectivity index (χ0n) is 12.5. The van der Waals surface area contributed by atoms with E-state index in [1.165, 1.54) is 0 Å². The molecule has 0 radical (unpaired) electrons. The average molecular weight is 277 g/mol. The Balaban J connectivity index is 2.11. The van der Waals surface area contributed by atoms with E-state index in [0.717, 1.165) is 48.4 Å². The Morgan fingerprint density at radius 2 is 1.85 bits per heavy atom. The van der Waals surface area contributed by atoms with Crippen LogP contribution in [0.25, 0.3) is 0 Å². The predicted molar refractivity (Wildman–Crippen MR) is 77.7 cm³/mol. The van der Waals surface area contributed by atoms with Crippen molar-refractivity contribution in [3.05, 3.63) is 28.8 Å². The van der Waals surface area contributed by atoms with E-state index < -0.39 is 6.10 Å². The zero-order chi connectivity index (χ0) is 14.7. The summed E-state index contributed by atoms with van der Waals surface area (Å²) >= 11 is 0. The largest absolute Gasteiger partial charge is 0.480 e. The van der Waals surface area contributed by atoms with Crippen LogP contribution in [0.2, 0.25) is 0 Å². The van der Waals surface area contributed by atoms with Crippen LogP contribution in [-0.2, 0) is 11.4 Å². The molecule has 110 valence electrons. The molecular formula is C16H23NO3. The maximum Gasteiger partial charge on any atom is 0.263 e. The molecule has 1 amide bonds. The summed E-state index contributed by atoms with van der Waals surface area (Å²) in [5.41, 5.74) is 2.77. The quantitative estimate of drug-likeness (QED) is 0.917. The lowest BCUT2D eigenvalue weighted by Crippen LogP contribution is -2.38. The molecule has 4 nitrogen and oxygen atoms in total. The molecule has 1 aliphatic heterocycles. The number of likely N-dealkylation sites (tertiary alicyclic amines) is 1. The molecule has 0 bridgehead atoms. The monoisotopic (exact) mass is 277 g/mol. The summed E-state index contributed by atoms with van der Waals surface area (Å²) in [6.45, 7) is 7.38. The second kappa shape index (κ2) is 6.27. The lowest BCUT2D eigenvalue weighted by Gasteiger charge is -2.23. The van der Waals surface area contributed by atoms with E-state index in [4.69, 9.17) is 4.74 Å². The maximum atomic E-state index is 12.3. The number of ether oxygens (including phenoxy) is 1. The molecule has 1 N–H and O–H groups in total. The maximum absolute atomic E-state index is 12.3. The first-order valence-corrected chi connectivity index (χ1v) is 7.19. The summed E-state index contributed by atoms with van der Waals surface area (Å²) in [7, 11) is 0. The average Bonchev–Trinajstić information content (AvgIpc) is 2.95. The minimum atomic E-state index is -0.467. The van der Waals surface area contributed by atoms with Crippen LogP contribution in [-0.4, -0.2) is 35.1 Å². The van der Waals surface area contributed by atoms with Gasteiger partial charge in [-0.3, -0.25) is 4.79 Å². The molecule has 1 saturated heterocycles. The van der Waals surface area contributed by atoms with Crippen molar-refractivity contribution in [2.45, 2.75) is 46.3 Å². The van der Waals surface area contributed by atoms with E-state index in [1.807, 2.05) is 30.9 Å². The van der Waals surface area contributed by atoms with Crippen molar-refractivity contribution in [3.63, 3.8) is 0 Å². The third-order valence-electron chi connectivity index (χ3n) is 3.76. The van der Waals surface area contributed by atoms with Gasteiger partial charge in [-0.05, 0) is 50.3 Å². The van der Waals surface area contributed by atoms with Crippen LogP contribution in [0.5, 0.6) is 5.75 Å². The standard InChI is InChI=1S/C16H23NO3/c1-11-8-14(10-18)9-12(2)15(11)20-13(3)16(19)17-6-4-5-7-17/h8-9,13,18H,4-7,10H2,1-3H3. The van der Waals surface area contributed by atoms with Crippen LogP contribution in [0.3, 0.4) is 0 Å². The summed E-state index contributed by atoms with van der Waals surface area (Å²) in [5.74, 6) is 0.815. The first-order chi connectivity index (χ1) is 9.52. The van der Waals surface area contributed by atoms with Crippen molar-refractivity contribution < 1.29 is 14.6 Å². The van der Waals surface area contributed by atoms with Gasteiger partial charge in [-0.2, -0.15) is 0 Å². The molecule has 0 aliphatic carbocycles. The molecule has 0 aromatic heterocycles. The number of nitrogens with zero attached hydrogens (tertiary/aromatic N) is 1. The minimum Gasteiger partial charge on any atom is -0.480 e. The van der Waals surface area contributed by atoms with Crippen molar-refractivity contribution in [2.75, 3.05) is 13.1 Å². The SMILES string of the molecule is Cc1cc(CO)cc(C)c1OC(C)C(=O)N1CCCC1. The van der Waals surface area contributed by atoms with E-state index in [9.17, 15) is 9.90 Å². The van der Waals surface area contributed by atoms with Gasteiger partial charge in [-0.1, -0.05) is 12.1 Å². The van der Waals surface area contributed by atoms with Crippen LogP contribution in [0.4, 0.5) is 0 Å². The number of carbonyl (C=O) groups excluding carboxylic acids is 1. The molecular weight excluding hydrogens is 254 g/mol. The fourth-order valence-corrected chi connectivity index (χ4v) is 2.74. The Bertz CT molecular complexity index is 469. The molecule has 4 heteroatoms. The highest BCUT2D eigenvalue weighted by Crippen LogP contribution is 2.26. The Hall–Kier alpha value is -1.55. The van der Waals surface area contributed by atoms with Crippen LogP contribution >= 0.6 is 0 Å². The van der Waals surface area contributed by atoms with Gasteiger partial charge < -0.3 is 14.7 Å². The topological polar surface area (TPSA) is 49.8 Å². The third kappa shape index (κ3) is 3.12. The molecule has 1 unspecified atom stereocenters. The Morgan fingerprint density at radius 3 is 2.35 bits per heavy atom. The normalized spacial score (nSPS) is 16.3. The highest BCUT2D eigenvalue weighted by Gasteiger charge is 2.25. The van der Waals surface area contributed by atoms with Crippen molar-refractivity contribution in [2.24, 2.45) is 0 Å². The summed E-state index contributed by atoms with van der Waals surface area (Å²) in [4.78, 5) is 14.1. The molecule has 0 saturated carbocycles. The van der Waals surface area contributed by atoms with Gasteiger partial charge in [0.2, 0.25) is 0 Å². The van der Waals surface area contributed by atoms with E-state index >= 15 is 0 Å². The van der Waals surface area contributed by atoms with Gasteiger partial charge >= 0.3 is 0 Å². The van der Waals surface area contributed by atoms with Crippen molar-refractivity contribution in [1.29, 1.82) is 0 Å². The molecule has 0 spiro atoms. The number of aliphatic hydroxyl groups is 1. The zero-order valence-corrected chi connectivity index (χ0v) is 12.5. The smallest absolute Gasteiger partial charge is 0.263 e. The van der Waals surface area contributed by atoms with Gasteiger partial charge in [-0.25, -0.2) is 0 Å². The number of carbonyl (C=O) groups is 1. The van der Waals surface area contributed by atoms with Gasteiger partial charge in [0.05, 0.1) is 6.61 Å². The molecule has 1 aliphatic rings. The van der Waals surface area contributed by atoms with Gasteiger partial charge in [0.15, 0.2) is 6.10 Å². The molecule has 1 aromatic rings. The van der Waals surface area contributed by atoms with E-state index in [-0.39, 0.29) is 12.5 Å². The fraction of sp³-hybridized carbons (Fsp3) is 0.562. The highest BCUT2D eigenvalue weighted by atomic mass is 16.5. The first-order valence-electron chi connectivity index (χ1n) is 7.19. The molecule has 1 aromatic carbocycles. The van der Waals surface area contributed by atoms with E-state index in [1.54, 1.807) is 6.92 Å². The number of aliphatic hydroxyl groups excluding tert-OH is 1.